The van der Waals surface area contributed by atoms with Crippen molar-refractivity contribution in [1.29, 1.82) is 0 Å². The van der Waals surface area contributed by atoms with Gasteiger partial charge in [-0.1, -0.05) is 22.9 Å². The lowest BCUT2D eigenvalue weighted by atomic mass is 10.1. The first-order valence-corrected chi connectivity index (χ1v) is 6.31. The fourth-order valence-electron chi connectivity index (χ4n) is 1.28. The zero-order valence-corrected chi connectivity index (χ0v) is 13.1. The minimum Gasteiger partial charge on any atom is -0.330 e. The minimum atomic E-state index is -0.283. The predicted octanol–water partition coefficient (Wildman–Crippen LogP) is 2.36. The van der Waals surface area contributed by atoms with Gasteiger partial charge in [0.05, 0.1) is 11.4 Å². The lowest BCUT2D eigenvalue weighted by Crippen LogP contribution is -2.27. The van der Waals surface area contributed by atoms with Crippen molar-refractivity contribution in [3.63, 3.8) is 0 Å². The van der Waals surface area contributed by atoms with E-state index in [4.69, 9.17) is 5.73 Å². The highest BCUT2D eigenvalue weighted by atomic mass is 79.9. The van der Waals surface area contributed by atoms with E-state index in [9.17, 15) is 9.59 Å². The number of hydrogen-bond donors (Lipinski definition) is 3. The molecule has 0 spiro atoms. The normalized spacial score (nSPS) is 11.2. The third kappa shape index (κ3) is 5.59. The Morgan fingerprint density at radius 2 is 1.95 bits per heavy atom. The second kappa shape index (κ2) is 8.14. The van der Waals surface area contributed by atoms with Crippen LogP contribution in [0.3, 0.4) is 0 Å². The number of anilines is 2. The van der Waals surface area contributed by atoms with Gasteiger partial charge in [-0.3, -0.25) is 9.59 Å². The second-order valence-corrected chi connectivity index (χ2v) is 4.91. The number of nitrogens with two attached hydrogens (primary N) is 1. The first kappa shape index (κ1) is 17.9. The van der Waals surface area contributed by atoms with Crippen molar-refractivity contribution in [1.82, 2.24) is 0 Å². The number of benzene rings is 1. The fourth-order valence-corrected chi connectivity index (χ4v) is 1.64. The summed E-state index contributed by atoms with van der Waals surface area (Å²) in [6.45, 7) is 3.43. The van der Waals surface area contributed by atoms with E-state index in [1.165, 1.54) is 6.92 Å². The van der Waals surface area contributed by atoms with E-state index in [-0.39, 0.29) is 36.7 Å². The molecule has 7 heteroatoms. The Morgan fingerprint density at radius 1 is 1.32 bits per heavy atom. The van der Waals surface area contributed by atoms with Gasteiger partial charge in [0, 0.05) is 23.9 Å². The van der Waals surface area contributed by atoms with Crippen molar-refractivity contribution in [2.24, 2.45) is 11.7 Å². The van der Waals surface area contributed by atoms with E-state index in [0.717, 1.165) is 4.47 Å². The molecule has 0 aliphatic carbocycles. The zero-order chi connectivity index (χ0) is 13.7. The van der Waals surface area contributed by atoms with Crippen LogP contribution in [-0.4, -0.2) is 18.4 Å². The summed E-state index contributed by atoms with van der Waals surface area (Å²) >= 11 is 3.32. The lowest BCUT2D eigenvalue weighted by Gasteiger charge is -2.14. The molecule has 1 rings (SSSR count). The number of nitrogens with one attached hydrogen (secondary N) is 2. The average Bonchev–Trinajstić information content (AvgIpc) is 2.31. The molecule has 0 aliphatic rings. The molecule has 1 atom stereocenters. The van der Waals surface area contributed by atoms with Crippen LogP contribution in [0.25, 0.3) is 0 Å². The molecule has 1 unspecified atom stereocenters. The largest absolute Gasteiger partial charge is 0.330 e. The van der Waals surface area contributed by atoms with Gasteiger partial charge in [0.1, 0.15) is 0 Å². The second-order valence-electron chi connectivity index (χ2n) is 4.00. The van der Waals surface area contributed by atoms with Gasteiger partial charge in [-0.15, -0.1) is 12.4 Å². The summed E-state index contributed by atoms with van der Waals surface area (Å²) in [7, 11) is 0. The summed E-state index contributed by atoms with van der Waals surface area (Å²) in [5.41, 5.74) is 6.54. The molecular formula is C12H17BrClN3O2. The Hall–Kier alpha value is -1.11. The van der Waals surface area contributed by atoms with Gasteiger partial charge in [-0.2, -0.15) is 0 Å². The number of carbonyl (C=O) groups is 2. The van der Waals surface area contributed by atoms with Gasteiger partial charge >= 0.3 is 0 Å². The van der Waals surface area contributed by atoms with Crippen molar-refractivity contribution in [3.05, 3.63) is 22.7 Å². The number of halogens is 2. The van der Waals surface area contributed by atoms with Gasteiger partial charge in [-0.05, 0) is 18.2 Å². The molecule has 0 heterocycles. The Kier molecular flexibility index (Phi) is 7.66. The molecule has 0 aliphatic heterocycles. The first-order valence-electron chi connectivity index (χ1n) is 5.52. The molecule has 1 aromatic carbocycles. The van der Waals surface area contributed by atoms with Gasteiger partial charge in [0.15, 0.2) is 0 Å². The average molecular weight is 351 g/mol. The quantitative estimate of drug-likeness (QED) is 0.779. The maximum Gasteiger partial charge on any atom is 0.228 e. The van der Waals surface area contributed by atoms with Gasteiger partial charge in [0.2, 0.25) is 11.8 Å². The van der Waals surface area contributed by atoms with E-state index in [1.807, 2.05) is 0 Å². The first-order chi connectivity index (χ1) is 8.43. The zero-order valence-electron chi connectivity index (χ0n) is 10.7. The summed E-state index contributed by atoms with van der Waals surface area (Å²) in [4.78, 5) is 22.8. The third-order valence-corrected chi connectivity index (χ3v) is 2.84. The Labute approximate surface area is 126 Å². The highest BCUT2D eigenvalue weighted by Gasteiger charge is 2.13. The van der Waals surface area contributed by atoms with Crippen LogP contribution in [0.1, 0.15) is 13.8 Å². The summed E-state index contributed by atoms with van der Waals surface area (Å²) in [6.07, 6.45) is 0. The van der Waals surface area contributed by atoms with E-state index < -0.39 is 0 Å². The topological polar surface area (TPSA) is 84.2 Å². The summed E-state index contributed by atoms with van der Waals surface area (Å²) in [5, 5.41) is 5.40. The smallest absolute Gasteiger partial charge is 0.228 e. The molecule has 0 saturated heterocycles. The number of rotatable bonds is 4. The molecule has 5 nitrogen and oxygen atoms in total. The Morgan fingerprint density at radius 3 is 2.47 bits per heavy atom. The predicted molar refractivity (Wildman–Crippen MR) is 82.5 cm³/mol. The van der Waals surface area contributed by atoms with Gasteiger partial charge in [0.25, 0.3) is 0 Å². The highest BCUT2D eigenvalue weighted by Crippen LogP contribution is 2.26. The molecule has 106 valence electrons. The van der Waals surface area contributed by atoms with Crippen LogP contribution < -0.4 is 16.4 Å². The van der Waals surface area contributed by atoms with Crippen molar-refractivity contribution >= 4 is 51.5 Å². The van der Waals surface area contributed by atoms with Crippen LogP contribution in [-0.2, 0) is 9.59 Å². The lowest BCUT2D eigenvalue weighted by molar-refractivity contribution is -0.119. The van der Waals surface area contributed by atoms with Gasteiger partial charge < -0.3 is 16.4 Å². The summed E-state index contributed by atoms with van der Waals surface area (Å²) in [6, 6.07) is 5.23. The van der Waals surface area contributed by atoms with E-state index in [2.05, 4.69) is 26.6 Å². The maximum atomic E-state index is 11.8. The fraction of sp³-hybridized carbons (Fsp3) is 0.333. The van der Waals surface area contributed by atoms with Crippen LogP contribution in [0, 0.1) is 5.92 Å². The van der Waals surface area contributed by atoms with Crippen LogP contribution in [0.2, 0.25) is 0 Å². The van der Waals surface area contributed by atoms with E-state index >= 15 is 0 Å². The van der Waals surface area contributed by atoms with Crippen LogP contribution in [0.4, 0.5) is 11.4 Å². The molecule has 0 aromatic heterocycles. The van der Waals surface area contributed by atoms with E-state index in [0.29, 0.717) is 11.4 Å². The summed E-state index contributed by atoms with van der Waals surface area (Å²) < 4.78 is 0.812. The van der Waals surface area contributed by atoms with Crippen molar-refractivity contribution in [2.75, 3.05) is 17.2 Å². The molecule has 19 heavy (non-hydrogen) atoms. The number of hydrogen-bond acceptors (Lipinski definition) is 3. The number of amides is 2. The highest BCUT2D eigenvalue weighted by molar-refractivity contribution is 9.10. The monoisotopic (exact) mass is 349 g/mol. The molecule has 2 amide bonds. The molecule has 0 bridgehead atoms. The Bertz CT molecular complexity index is 468. The summed E-state index contributed by atoms with van der Waals surface area (Å²) in [5.74, 6) is -0.656. The molecule has 0 saturated carbocycles. The molecule has 0 fully saturated rings. The maximum absolute atomic E-state index is 11.8. The number of carbonyl (C=O) groups excluding carboxylic acids is 2. The van der Waals surface area contributed by atoms with Crippen LogP contribution in [0.15, 0.2) is 22.7 Å². The molecule has 1 aromatic rings. The van der Waals surface area contributed by atoms with E-state index in [1.54, 1.807) is 25.1 Å². The Balaban J connectivity index is 0.00000324. The standard InChI is InChI=1S/C12H16BrN3O2.ClH/c1-7(6-14)12(18)16-11-5-9(13)3-4-10(11)15-8(2)17;/h3-5,7H,6,14H2,1-2H3,(H,15,17)(H,16,18);1H. The SMILES string of the molecule is CC(=O)Nc1ccc(Br)cc1NC(=O)C(C)CN.Cl. The third-order valence-electron chi connectivity index (χ3n) is 2.35. The molecule has 4 N–H and O–H groups in total. The molecule has 0 radical (unpaired) electrons. The van der Waals surface area contributed by atoms with Crippen LogP contribution in [0.5, 0.6) is 0 Å². The van der Waals surface area contributed by atoms with Gasteiger partial charge in [-0.25, -0.2) is 0 Å². The van der Waals surface area contributed by atoms with Crippen LogP contribution >= 0.6 is 28.3 Å². The van der Waals surface area contributed by atoms with Crippen molar-refractivity contribution in [2.45, 2.75) is 13.8 Å². The van der Waals surface area contributed by atoms with Crippen molar-refractivity contribution < 1.29 is 9.59 Å². The van der Waals surface area contributed by atoms with Crippen molar-refractivity contribution in [3.8, 4) is 0 Å². The molecular weight excluding hydrogens is 334 g/mol. The minimum absolute atomic E-state index is 0.